The second-order valence-electron chi connectivity index (χ2n) is 7.97. The maximum absolute atomic E-state index is 13.7. The highest BCUT2D eigenvalue weighted by molar-refractivity contribution is 5.60. The topological polar surface area (TPSA) is 22.1 Å². The van der Waals surface area contributed by atoms with Crippen molar-refractivity contribution < 1.29 is 9.13 Å². The van der Waals surface area contributed by atoms with E-state index in [0.717, 1.165) is 55.7 Å². The molecule has 1 atom stereocenters. The molecule has 29 heavy (non-hydrogen) atoms. The van der Waals surface area contributed by atoms with Crippen molar-refractivity contribution in [1.29, 1.82) is 0 Å². The van der Waals surface area contributed by atoms with Crippen molar-refractivity contribution in [1.82, 2.24) is 4.98 Å². The van der Waals surface area contributed by atoms with Crippen molar-refractivity contribution in [3.8, 4) is 17.0 Å². The molecule has 0 amide bonds. The fraction of sp³-hybridized carbons (Fsp3) is 0.577. The van der Waals surface area contributed by atoms with Gasteiger partial charge in [-0.3, -0.25) is 4.98 Å². The van der Waals surface area contributed by atoms with Gasteiger partial charge in [-0.15, -0.1) is 0 Å². The van der Waals surface area contributed by atoms with E-state index < -0.39 is 6.17 Å². The Balaban J connectivity index is 1.73. The molecule has 0 aliphatic rings. The maximum Gasteiger partial charge on any atom is 0.119 e. The highest BCUT2D eigenvalue weighted by Gasteiger charge is 2.06. The van der Waals surface area contributed by atoms with E-state index in [0.29, 0.717) is 12.8 Å². The second-order valence-corrected chi connectivity index (χ2v) is 7.97. The average molecular weight is 400 g/mol. The molecule has 160 valence electrons. The number of benzene rings is 1. The van der Waals surface area contributed by atoms with Crippen molar-refractivity contribution in [2.24, 2.45) is 0 Å². The first-order valence-corrected chi connectivity index (χ1v) is 11.5. The number of hydrogen-bond donors (Lipinski definition) is 0. The lowest BCUT2D eigenvalue weighted by Gasteiger charge is -2.09. The standard InChI is InChI=1S/C26H38FNO/c1-3-5-7-8-9-20-29-25-17-15-23(16-18-25)26-19-14-22(21-28-26)11-10-13-24(27)12-6-4-2/h14-19,21,24H,3-13,20H2,1-2H3. The fourth-order valence-electron chi connectivity index (χ4n) is 3.46. The van der Waals surface area contributed by atoms with Crippen LogP contribution in [0.15, 0.2) is 42.6 Å². The van der Waals surface area contributed by atoms with E-state index >= 15 is 0 Å². The van der Waals surface area contributed by atoms with Crippen LogP contribution >= 0.6 is 0 Å². The smallest absolute Gasteiger partial charge is 0.119 e. The minimum Gasteiger partial charge on any atom is -0.494 e. The molecule has 1 unspecified atom stereocenters. The largest absolute Gasteiger partial charge is 0.494 e. The maximum atomic E-state index is 13.7. The first-order chi connectivity index (χ1) is 14.2. The third kappa shape index (κ3) is 9.43. The Morgan fingerprint density at radius 2 is 1.55 bits per heavy atom. The molecule has 1 aromatic heterocycles. The molecule has 0 saturated carbocycles. The van der Waals surface area contributed by atoms with Crippen LogP contribution in [0, 0.1) is 0 Å². The van der Waals surface area contributed by atoms with Crippen LogP contribution in [0.4, 0.5) is 4.39 Å². The first kappa shape index (κ1) is 23.4. The molecule has 3 heteroatoms. The van der Waals surface area contributed by atoms with Gasteiger partial charge in [0, 0.05) is 11.8 Å². The third-order valence-corrected chi connectivity index (χ3v) is 5.35. The Hall–Kier alpha value is -1.90. The van der Waals surface area contributed by atoms with Crippen LogP contribution in [0.5, 0.6) is 5.75 Å². The van der Waals surface area contributed by atoms with Gasteiger partial charge >= 0.3 is 0 Å². The number of aryl methyl sites for hydroxylation is 1. The van der Waals surface area contributed by atoms with Crippen LogP contribution in [-0.4, -0.2) is 17.8 Å². The molecule has 1 aromatic carbocycles. The van der Waals surface area contributed by atoms with E-state index in [1.54, 1.807) is 0 Å². The zero-order valence-corrected chi connectivity index (χ0v) is 18.3. The lowest BCUT2D eigenvalue weighted by molar-refractivity contribution is 0.284. The van der Waals surface area contributed by atoms with Gasteiger partial charge in [0.2, 0.25) is 0 Å². The van der Waals surface area contributed by atoms with E-state index in [1.165, 1.54) is 31.2 Å². The first-order valence-electron chi connectivity index (χ1n) is 11.5. The molecule has 0 radical (unpaired) electrons. The lowest BCUT2D eigenvalue weighted by Crippen LogP contribution is -2.01. The summed E-state index contributed by atoms with van der Waals surface area (Å²) in [6, 6.07) is 12.3. The van der Waals surface area contributed by atoms with Crippen LogP contribution in [-0.2, 0) is 6.42 Å². The van der Waals surface area contributed by atoms with E-state index in [2.05, 4.69) is 43.1 Å². The summed E-state index contributed by atoms with van der Waals surface area (Å²) in [4.78, 5) is 4.60. The Kier molecular flexibility index (Phi) is 11.4. The molecule has 0 fully saturated rings. The van der Waals surface area contributed by atoms with Gasteiger partial charge < -0.3 is 4.74 Å². The quantitative estimate of drug-likeness (QED) is 0.283. The minimum absolute atomic E-state index is 0.653. The molecule has 2 rings (SSSR count). The summed E-state index contributed by atoms with van der Waals surface area (Å²) in [6.07, 6.45) is 12.7. The van der Waals surface area contributed by atoms with Gasteiger partial charge in [0.05, 0.1) is 12.3 Å². The Labute approximate surface area is 176 Å². The number of aromatic nitrogens is 1. The predicted molar refractivity (Wildman–Crippen MR) is 121 cm³/mol. The molecule has 0 N–H and O–H groups in total. The highest BCUT2D eigenvalue weighted by atomic mass is 19.1. The van der Waals surface area contributed by atoms with Gasteiger partial charge in [0.1, 0.15) is 11.9 Å². The lowest BCUT2D eigenvalue weighted by atomic mass is 10.0. The summed E-state index contributed by atoms with van der Waals surface area (Å²) >= 11 is 0. The monoisotopic (exact) mass is 399 g/mol. The van der Waals surface area contributed by atoms with Gasteiger partial charge in [0.15, 0.2) is 0 Å². The molecule has 0 bridgehead atoms. The van der Waals surface area contributed by atoms with E-state index in [9.17, 15) is 4.39 Å². The summed E-state index contributed by atoms with van der Waals surface area (Å²) in [6.45, 7) is 5.13. The van der Waals surface area contributed by atoms with Gasteiger partial charge in [-0.05, 0) is 68.0 Å². The second kappa shape index (κ2) is 14.1. The molecule has 0 saturated heterocycles. The zero-order valence-electron chi connectivity index (χ0n) is 18.3. The van der Waals surface area contributed by atoms with Crippen LogP contribution in [0.1, 0.15) is 83.6 Å². The van der Waals surface area contributed by atoms with Crippen LogP contribution < -0.4 is 4.74 Å². The number of unbranched alkanes of at least 4 members (excludes halogenated alkanes) is 5. The molecule has 0 aliphatic heterocycles. The Morgan fingerprint density at radius 3 is 2.24 bits per heavy atom. The number of rotatable bonds is 15. The highest BCUT2D eigenvalue weighted by Crippen LogP contribution is 2.22. The van der Waals surface area contributed by atoms with Crippen LogP contribution in [0.25, 0.3) is 11.3 Å². The third-order valence-electron chi connectivity index (χ3n) is 5.35. The summed E-state index contributed by atoms with van der Waals surface area (Å²) in [7, 11) is 0. The van der Waals surface area contributed by atoms with E-state index in [1.807, 2.05) is 18.3 Å². The number of pyridine rings is 1. The van der Waals surface area contributed by atoms with Crippen molar-refractivity contribution in [3.63, 3.8) is 0 Å². The fourth-order valence-corrected chi connectivity index (χ4v) is 3.46. The minimum atomic E-state index is -0.653. The number of nitrogens with zero attached hydrogens (tertiary/aromatic N) is 1. The van der Waals surface area contributed by atoms with Crippen LogP contribution in [0.3, 0.4) is 0 Å². The van der Waals surface area contributed by atoms with Crippen molar-refractivity contribution in [2.45, 2.75) is 90.6 Å². The zero-order chi connectivity index (χ0) is 20.7. The van der Waals surface area contributed by atoms with E-state index in [4.69, 9.17) is 4.74 Å². The number of alkyl halides is 1. The number of halogens is 1. The number of hydrogen-bond acceptors (Lipinski definition) is 2. The predicted octanol–water partition coefficient (Wildman–Crippen LogP) is 7.95. The summed E-state index contributed by atoms with van der Waals surface area (Å²) in [5.74, 6) is 0.921. The Morgan fingerprint density at radius 1 is 0.828 bits per heavy atom. The molecule has 1 heterocycles. The van der Waals surface area contributed by atoms with Crippen LogP contribution in [0.2, 0.25) is 0 Å². The van der Waals surface area contributed by atoms with Gasteiger partial charge in [-0.2, -0.15) is 0 Å². The van der Waals surface area contributed by atoms with Crippen molar-refractivity contribution in [2.75, 3.05) is 6.61 Å². The molecular weight excluding hydrogens is 361 g/mol. The summed E-state index contributed by atoms with van der Waals surface area (Å²) in [5.41, 5.74) is 3.24. The summed E-state index contributed by atoms with van der Waals surface area (Å²) in [5, 5.41) is 0. The summed E-state index contributed by atoms with van der Waals surface area (Å²) < 4.78 is 19.6. The van der Waals surface area contributed by atoms with Gasteiger partial charge in [-0.25, -0.2) is 4.39 Å². The van der Waals surface area contributed by atoms with Crippen molar-refractivity contribution >= 4 is 0 Å². The normalized spacial score (nSPS) is 12.1. The molecule has 0 aliphatic carbocycles. The number of ether oxygens (including phenoxy) is 1. The molecule has 2 aromatic rings. The van der Waals surface area contributed by atoms with E-state index in [-0.39, 0.29) is 0 Å². The molecule has 0 spiro atoms. The van der Waals surface area contributed by atoms with Gasteiger partial charge in [0.25, 0.3) is 0 Å². The molecular formula is C26H38FNO. The van der Waals surface area contributed by atoms with Gasteiger partial charge in [-0.1, -0.05) is 58.4 Å². The Bertz CT molecular complexity index is 653. The molecule has 2 nitrogen and oxygen atoms in total. The average Bonchev–Trinajstić information content (AvgIpc) is 2.76. The SMILES string of the molecule is CCCCCCCOc1ccc(-c2ccc(CCCC(F)CCCC)cn2)cc1. The van der Waals surface area contributed by atoms with Crippen molar-refractivity contribution in [3.05, 3.63) is 48.2 Å².